The number of aryl methyl sites for hydroxylation is 1. The molecule has 2 aromatic rings. The zero-order valence-electron chi connectivity index (χ0n) is 17.7. The first-order chi connectivity index (χ1) is 15.0. The van der Waals surface area contributed by atoms with Gasteiger partial charge >= 0.3 is 0 Å². The van der Waals surface area contributed by atoms with Crippen molar-refractivity contribution in [3.63, 3.8) is 0 Å². The van der Waals surface area contributed by atoms with Crippen LogP contribution in [0.4, 0.5) is 21.5 Å². The summed E-state index contributed by atoms with van der Waals surface area (Å²) in [5, 5.41) is 5.50. The average Bonchev–Trinajstić information content (AvgIpc) is 2.78. The molecule has 1 saturated carbocycles. The molecule has 1 fully saturated rings. The fourth-order valence-corrected chi connectivity index (χ4v) is 4.33. The SMILES string of the molecule is CN(c1ccc(NC(=O)COc2ccc3c(c2)CCC(=O)N3)cc1F)C1CCCCC1. The number of carbonyl (C=O) groups is 2. The highest BCUT2D eigenvalue weighted by atomic mass is 19.1. The van der Waals surface area contributed by atoms with Gasteiger partial charge in [-0.3, -0.25) is 9.59 Å². The van der Waals surface area contributed by atoms with E-state index in [2.05, 4.69) is 10.6 Å². The van der Waals surface area contributed by atoms with Gasteiger partial charge in [-0.1, -0.05) is 19.3 Å². The Hall–Kier alpha value is -3.09. The third-order valence-electron chi connectivity index (χ3n) is 6.08. The van der Waals surface area contributed by atoms with E-state index in [9.17, 15) is 14.0 Å². The minimum atomic E-state index is -0.362. The maximum Gasteiger partial charge on any atom is 0.262 e. The van der Waals surface area contributed by atoms with Gasteiger partial charge in [0, 0.05) is 30.9 Å². The van der Waals surface area contributed by atoms with Gasteiger partial charge in [-0.15, -0.1) is 0 Å². The molecule has 4 rings (SSSR count). The first-order valence-corrected chi connectivity index (χ1v) is 10.9. The maximum atomic E-state index is 14.7. The molecule has 2 aliphatic rings. The Kier molecular flexibility index (Phi) is 6.39. The fourth-order valence-electron chi connectivity index (χ4n) is 4.33. The molecular formula is C24H28FN3O3. The zero-order valence-corrected chi connectivity index (χ0v) is 17.7. The summed E-state index contributed by atoms with van der Waals surface area (Å²) in [6.07, 6.45) is 6.87. The first-order valence-electron chi connectivity index (χ1n) is 10.9. The van der Waals surface area contributed by atoms with Crippen molar-refractivity contribution in [2.24, 2.45) is 0 Å². The molecule has 31 heavy (non-hydrogen) atoms. The molecule has 7 heteroatoms. The van der Waals surface area contributed by atoms with Gasteiger partial charge in [0.15, 0.2) is 6.61 Å². The van der Waals surface area contributed by atoms with Crippen LogP contribution in [0.2, 0.25) is 0 Å². The summed E-state index contributed by atoms with van der Waals surface area (Å²) >= 11 is 0. The van der Waals surface area contributed by atoms with Crippen LogP contribution in [0.15, 0.2) is 36.4 Å². The van der Waals surface area contributed by atoms with Crippen LogP contribution in [0.3, 0.4) is 0 Å². The smallest absolute Gasteiger partial charge is 0.262 e. The molecule has 1 heterocycles. The second-order valence-corrected chi connectivity index (χ2v) is 8.27. The predicted octanol–water partition coefficient (Wildman–Crippen LogP) is 4.50. The summed E-state index contributed by atoms with van der Waals surface area (Å²) in [7, 11) is 1.94. The normalized spacial score (nSPS) is 16.3. The van der Waals surface area contributed by atoms with Gasteiger partial charge in [-0.05, 0) is 61.2 Å². The number of rotatable bonds is 6. The van der Waals surface area contributed by atoms with Crippen molar-refractivity contribution in [1.82, 2.24) is 0 Å². The van der Waals surface area contributed by atoms with Gasteiger partial charge in [0.2, 0.25) is 5.91 Å². The molecule has 0 saturated heterocycles. The predicted molar refractivity (Wildman–Crippen MR) is 119 cm³/mol. The highest BCUT2D eigenvalue weighted by molar-refractivity contribution is 5.94. The first kappa shape index (κ1) is 21.2. The Balaban J connectivity index is 1.32. The van der Waals surface area contributed by atoms with Crippen molar-refractivity contribution < 1.29 is 18.7 Å². The second kappa shape index (κ2) is 9.37. The number of anilines is 3. The lowest BCUT2D eigenvalue weighted by Gasteiger charge is -2.33. The van der Waals surface area contributed by atoms with Crippen molar-refractivity contribution >= 4 is 28.9 Å². The highest BCUT2D eigenvalue weighted by Gasteiger charge is 2.21. The average molecular weight is 426 g/mol. The summed E-state index contributed by atoms with van der Waals surface area (Å²) in [4.78, 5) is 25.7. The quantitative estimate of drug-likeness (QED) is 0.715. The topological polar surface area (TPSA) is 70.7 Å². The number of nitrogens with zero attached hydrogens (tertiary/aromatic N) is 1. The summed E-state index contributed by atoms with van der Waals surface area (Å²) in [5.74, 6) is -0.147. The number of benzene rings is 2. The molecule has 2 amide bonds. The van der Waals surface area contributed by atoms with Crippen molar-refractivity contribution in [2.45, 2.75) is 51.0 Å². The lowest BCUT2D eigenvalue weighted by atomic mass is 9.94. The van der Waals surface area contributed by atoms with E-state index in [-0.39, 0.29) is 24.2 Å². The monoisotopic (exact) mass is 425 g/mol. The van der Waals surface area contributed by atoms with Crippen LogP contribution in [0.25, 0.3) is 0 Å². The van der Waals surface area contributed by atoms with Crippen LogP contribution in [0.5, 0.6) is 5.75 Å². The Morgan fingerprint density at radius 1 is 1.16 bits per heavy atom. The van der Waals surface area contributed by atoms with Gasteiger partial charge in [0.05, 0.1) is 5.69 Å². The third-order valence-corrected chi connectivity index (χ3v) is 6.08. The van der Waals surface area contributed by atoms with Crippen molar-refractivity contribution in [2.75, 3.05) is 29.2 Å². The maximum absolute atomic E-state index is 14.7. The standard InChI is InChI=1S/C24H28FN3O3/c1-28(18-5-3-2-4-6-18)22-11-8-17(14-20(22)25)26-24(30)15-31-19-9-10-21-16(13-19)7-12-23(29)27-21/h8-11,13-14,18H,2-7,12,15H2,1H3,(H,26,30)(H,27,29). The molecule has 0 bridgehead atoms. The molecular weight excluding hydrogens is 397 g/mol. The molecule has 6 nitrogen and oxygen atoms in total. The molecule has 1 aliphatic heterocycles. The van der Waals surface area contributed by atoms with Crippen LogP contribution in [-0.2, 0) is 16.0 Å². The van der Waals surface area contributed by atoms with Gasteiger partial charge in [-0.2, -0.15) is 0 Å². The molecule has 1 aliphatic carbocycles. The molecule has 0 aromatic heterocycles. The van der Waals surface area contributed by atoms with Gasteiger partial charge in [0.1, 0.15) is 11.6 Å². The van der Waals surface area contributed by atoms with Crippen LogP contribution < -0.4 is 20.3 Å². The molecule has 2 aromatic carbocycles. The summed E-state index contributed by atoms with van der Waals surface area (Å²) in [6, 6.07) is 10.5. The van der Waals surface area contributed by atoms with Crippen LogP contribution in [0.1, 0.15) is 44.1 Å². The minimum absolute atomic E-state index is 0.00346. The van der Waals surface area contributed by atoms with Gasteiger partial charge < -0.3 is 20.3 Å². The summed E-state index contributed by atoms with van der Waals surface area (Å²) < 4.78 is 20.3. The summed E-state index contributed by atoms with van der Waals surface area (Å²) in [5.41, 5.74) is 2.72. The number of hydrogen-bond donors (Lipinski definition) is 2. The van der Waals surface area contributed by atoms with Crippen LogP contribution in [0, 0.1) is 5.82 Å². The fraction of sp³-hybridized carbons (Fsp3) is 0.417. The number of carbonyl (C=O) groups excluding carboxylic acids is 2. The molecule has 0 radical (unpaired) electrons. The largest absolute Gasteiger partial charge is 0.484 e. The Morgan fingerprint density at radius 3 is 2.74 bits per heavy atom. The van der Waals surface area contributed by atoms with Crippen molar-refractivity contribution in [3.05, 3.63) is 47.8 Å². The number of amides is 2. The van der Waals surface area contributed by atoms with Crippen LogP contribution in [-0.4, -0.2) is 31.5 Å². The minimum Gasteiger partial charge on any atom is -0.484 e. The van der Waals surface area contributed by atoms with E-state index < -0.39 is 0 Å². The Morgan fingerprint density at radius 2 is 1.97 bits per heavy atom. The van der Waals surface area contributed by atoms with Crippen molar-refractivity contribution in [3.8, 4) is 5.75 Å². The Bertz CT molecular complexity index is 973. The lowest BCUT2D eigenvalue weighted by Crippen LogP contribution is -2.33. The summed E-state index contributed by atoms with van der Waals surface area (Å²) in [6.45, 7) is -0.184. The van der Waals surface area contributed by atoms with E-state index >= 15 is 0 Å². The van der Waals surface area contributed by atoms with E-state index in [1.54, 1.807) is 24.3 Å². The number of fused-ring (bicyclic) bond motifs is 1. The van der Waals surface area contributed by atoms with Crippen LogP contribution >= 0.6 is 0 Å². The van der Waals surface area contributed by atoms with E-state index in [1.165, 1.54) is 25.3 Å². The number of hydrogen-bond acceptors (Lipinski definition) is 4. The van der Waals surface area contributed by atoms with E-state index in [0.717, 1.165) is 24.1 Å². The van der Waals surface area contributed by atoms with E-state index in [1.807, 2.05) is 18.0 Å². The number of ether oxygens (including phenoxy) is 1. The molecule has 0 spiro atoms. The highest BCUT2D eigenvalue weighted by Crippen LogP contribution is 2.29. The van der Waals surface area contributed by atoms with Gasteiger partial charge in [0.25, 0.3) is 5.91 Å². The Labute approximate surface area is 181 Å². The molecule has 0 atom stereocenters. The molecule has 2 N–H and O–H groups in total. The van der Waals surface area contributed by atoms with Crippen molar-refractivity contribution in [1.29, 1.82) is 0 Å². The van der Waals surface area contributed by atoms with E-state index in [0.29, 0.717) is 36.0 Å². The number of nitrogens with one attached hydrogen (secondary N) is 2. The zero-order chi connectivity index (χ0) is 21.8. The van der Waals surface area contributed by atoms with E-state index in [4.69, 9.17) is 4.74 Å². The molecule has 164 valence electrons. The molecule has 0 unspecified atom stereocenters. The lowest BCUT2D eigenvalue weighted by molar-refractivity contribution is -0.118. The third kappa shape index (κ3) is 5.16. The second-order valence-electron chi connectivity index (χ2n) is 8.27. The number of halogens is 1. The van der Waals surface area contributed by atoms with Gasteiger partial charge in [-0.25, -0.2) is 4.39 Å².